The molecule has 6 heteroatoms. The predicted molar refractivity (Wildman–Crippen MR) is 99.1 cm³/mol. The largest absolute Gasteiger partial charge is 0.335 e. The molecule has 2 aromatic rings. The molecule has 0 saturated heterocycles. The Bertz CT molecular complexity index is 877. The summed E-state index contributed by atoms with van der Waals surface area (Å²) in [6.07, 6.45) is 0. The molecule has 1 unspecified atom stereocenters. The average molecular weight is 360 g/mol. The summed E-state index contributed by atoms with van der Waals surface area (Å²) in [6, 6.07) is 12.8. The van der Waals surface area contributed by atoms with Crippen LogP contribution < -0.4 is 4.72 Å². The van der Waals surface area contributed by atoms with Crippen molar-refractivity contribution in [3.63, 3.8) is 0 Å². The third kappa shape index (κ3) is 3.91. The minimum atomic E-state index is -3.63. The van der Waals surface area contributed by atoms with E-state index in [0.29, 0.717) is 11.1 Å². The van der Waals surface area contributed by atoms with E-state index in [4.69, 9.17) is 0 Å². The number of hydrogen-bond donors (Lipinski definition) is 1. The van der Waals surface area contributed by atoms with Gasteiger partial charge in [-0.05, 0) is 56.6 Å². The van der Waals surface area contributed by atoms with Crippen molar-refractivity contribution in [3.8, 4) is 0 Å². The van der Waals surface area contributed by atoms with E-state index in [9.17, 15) is 13.2 Å². The molecule has 2 rings (SSSR count). The fourth-order valence-electron chi connectivity index (χ4n) is 2.67. The first-order valence-corrected chi connectivity index (χ1v) is 9.54. The van der Waals surface area contributed by atoms with E-state index in [2.05, 4.69) is 4.72 Å². The van der Waals surface area contributed by atoms with Gasteiger partial charge in [0.1, 0.15) is 0 Å². The molecule has 0 aliphatic carbocycles. The Balaban J connectivity index is 2.43. The van der Waals surface area contributed by atoms with Gasteiger partial charge in [0.25, 0.3) is 5.91 Å². The zero-order chi connectivity index (χ0) is 18.8. The van der Waals surface area contributed by atoms with Gasteiger partial charge in [-0.2, -0.15) is 0 Å². The smallest absolute Gasteiger partial charge is 0.254 e. The maximum absolute atomic E-state index is 12.9. The summed E-state index contributed by atoms with van der Waals surface area (Å²) in [7, 11) is -0.539. The Morgan fingerprint density at radius 3 is 2.28 bits per heavy atom. The molecule has 25 heavy (non-hydrogen) atoms. The zero-order valence-corrected chi connectivity index (χ0v) is 16.0. The number of sulfonamides is 1. The molecule has 0 aliphatic rings. The lowest BCUT2D eigenvalue weighted by atomic mass is 10.0. The average Bonchev–Trinajstić information content (AvgIpc) is 2.62. The lowest BCUT2D eigenvalue weighted by Crippen LogP contribution is -2.30. The number of carbonyl (C=O) groups is 1. The van der Waals surface area contributed by atoms with E-state index in [0.717, 1.165) is 11.1 Å². The van der Waals surface area contributed by atoms with Gasteiger partial charge in [0.05, 0.1) is 10.9 Å². The summed E-state index contributed by atoms with van der Waals surface area (Å²) in [5.41, 5.74) is 2.79. The molecule has 5 nitrogen and oxygen atoms in total. The molecule has 0 aliphatic heterocycles. The Morgan fingerprint density at radius 2 is 1.72 bits per heavy atom. The highest BCUT2D eigenvalue weighted by molar-refractivity contribution is 7.89. The van der Waals surface area contributed by atoms with Gasteiger partial charge in [0.2, 0.25) is 10.0 Å². The first kappa shape index (κ1) is 19.1. The molecular weight excluding hydrogens is 336 g/mol. The van der Waals surface area contributed by atoms with Gasteiger partial charge in [-0.15, -0.1) is 0 Å². The van der Waals surface area contributed by atoms with Crippen LogP contribution in [-0.2, 0) is 10.0 Å². The third-order valence-corrected chi connectivity index (χ3v) is 6.15. The second-order valence-corrected chi connectivity index (χ2v) is 7.98. The first-order chi connectivity index (χ1) is 11.7. The van der Waals surface area contributed by atoms with Gasteiger partial charge in [0, 0.05) is 12.6 Å². The molecule has 0 heterocycles. The number of amides is 1. The highest BCUT2D eigenvalue weighted by Gasteiger charge is 2.23. The van der Waals surface area contributed by atoms with Gasteiger partial charge < -0.3 is 4.90 Å². The summed E-state index contributed by atoms with van der Waals surface area (Å²) in [5, 5.41) is 0. The lowest BCUT2D eigenvalue weighted by Gasteiger charge is -2.26. The molecule has 1 N–H and O–H groups in total. The Kier molecular flexibility index (Phi) is 5.65. The maximum Gasteiger partial charge on any atom is 0.254 e. The summed E-state index contributed by atoms with van der Waals surface area (Å²) < 4.78 is 26.8. The van der Waals surface area contributed by atoms with Crippen LogP contribution in [0.4, 0.5) is 0 Å². The molecule has 0 bridgehead atoms. The number of aryl methyl sites for hydroxylation is 1. The van der Waals surface area contributed by atoms with Crippen molar-refractivity contribution in [1.82, 2.24) is 9.62 Å². The van der Waals surface area contributed by atoms with Gasteiger partial charge in [-0.25, -0.2) is 13.1 Å². The number of carbonyl (C=O) groups excluding carboxylic acids is 1. The van der Waals surface area contributed by atoms with Crippen molar-refractivity contribution in [2.45, 2.75) is 31.7 Å². The summed E-state index contributed by atoms with van der Waals surface area (Å²) in [5.74, 6) is -0.216. The van der Waals surface area contributed by atoms with E-state index in [-0.39, 0.29) is 16.8 Å². The number of benzene rings is 2. The summed E-state index contributed by atoms with van der Waals surface area (Å²) >= 11 is 0. The molecule has 1 amide bonds. The van der Waals surface area contributed by atoms with Crippen LogP contribution in [0.5, 0.6) is 0 Å². The zero-order valence-electron chi connectivity index (χ0n) is 15.2. The minimum Gasteiger partial charge on any atom is -0.335 e. The highest BCUT2D eigenvalue weighted by Crippen LogP contribution is 2.25. The summed E-state index contributed by atoms with van der Waals surface area (Å²) in [6.45, 7) is 5.49. The molecule has 0 aromatic heterocycles. The number of nitrogens with one attached hydrogen (secondary N) is 1. The monoisotopic (exact) mass is 360 g/mol. The summed E-state index contributed by atoms with van der Waals surface area (Å²) in [4.78, 5) is 14.7. The molecule has 134 valence electrons. The molecule has 0 spiro atoms. The third-order valence-electron chi connectivity index (χ3n) is 4.61. The predicted octanol–water partition coefficient (Wildman–Crippen LogP) is 3.04. The standard InChI is InChI=1S/C19H24N2O3S/c1-13-11-17(12-18(14(13)2)25(23,24)20-4)19(22)21(5)15(3)16-9-7-6-8-10-16/h6-12,15,20H,1-5H3. The fourth-order valence-corrected chi connectivity index (χ4v) is 3.74. The minimum absolute atomic E-state index is 0.125. The molecule has 2 aromatic carbocycles. The van der Waals surface area contributed by atoms with Crippen molar-refractivity contribution in [3.05, 3.63) is 64.7 Å². The highest BCUT2D eigenvalue weighted by atomic mass is 32.2. The van der Waals surface area contributed by atoms with Crippen molar-refractivity contribution in [2.75, 3.05) is 14.1 Å². The second kappa shape index (κ2) is 7.37. The van der Waals surface area contributed by atoms with Crippen molar-refractivity contribution >= 4 is 15.9 Å². The molecule has 0 radical (unpaired) electrons. The van der Waals surface area contributed by atoms with Crippen LogP contribution in [0.25, 0.3) is 0 Å². The van der Waals surface area contributed by atoms with E-state index in [1.807, 2.05) is 37.3 Å². The van der Waals surface area contributed by atoms with Crippen LogP contribution in [-0.4, -0.2) is 33.3 Å². The van der Waals surface area contributed by atoms with Gasteiger partial charge in [-0.1, -0.05) is 30.3 Å². The normalized spacial score (nSPS) is 12.7. The maximum atomic E-state index is 12.9. The van der Waals surface area contributed by atoms with Crippen LogP contribution in [0.3, 0.4) is 0 Å². The van der Waals surface area contributed by atoms with E-state index in [1.165, 1.54) is 13.1 Å². The van der Waals surface area contributed by atoms with Gasteiger partial charge in [0.15, 0.2) is 0 Å². The quantitative estimate of drug-likeness (QED) is 0.891. The molecule has 0 fully saturated rings. The van der Waals surface area contributed by atoms with Crippen LogP contribution in [0.1, 0.15) is 40.0 Å². The van der Waals surface area contributed by atoms with Crippen molar-refractivity contribution < 1.29 is 13.2 Å². The number of hydrogen-bond acceptors (Lipinski definition) is 3. The SMILES string of the molecule is CNS(=O)(=O)c1cc(C(=O)N(C)C(C)c2ccccc2)cc(C)c1C. The van der Waals surface area contributed by atoms with Crippen LogP contribution in [0, 0.1) is 13.8 Å². The molecule has 1 atom stereocenters. The Hall–Kier alpha value is -2.18. The molecular formula is C19H24N2O3S. The van der Waals surface area contributed by atoms with Crippen molar-refractivity contribution in [1.29, 1.82) is 0 Å². The van der Waals surface area contributed by atoms with Gasteiger partial charge >= 0.3 is 0 Å². The Labute approximate surface area is 149 Å². The van der Waals surface area contributed by atoms with Crippen LogP contribution >= 0.6 is 0 Å². The van der Waals surface area contributed by atoms with Crippen LogP contribution in [0.2, 0.25) is 0 Å². The Morgan fingerprint density at radius 1 is 1.12 bits per heavy atom. The first-order valence-electron chi connectivity index (χ1n) is 8.06. The fraction of sp³-hybridized carbons (Fsp3) is 0.316. The van der Waals surface area contributed by atoms with Crippen molar-refractivity contribution in [2.24, 2.45) is 0 Å². The second-order valence-electron chi connectivity index (χ2n) is 6.13. The molecule has 0 saturated carbocycles. The van der Waals surface area contributed by atoms with Gasteiger partial charge in [-0.3, -0.25) is 4.79 Å². The van der Waals surface area contributed by atoms with E-state index in [1.54, 1.807) is 31.9 Å². The lowest BCUT2D eigenvalue weighted by molar-refractivity contribution is 0.0742. The van der Waals surface area contributed by atoms with E-state index < -0.39 is 10.0 Å². The number of rotatable bonds is 5. The topological polar surface area (TPSA) is 66.5 Å². The number of nitrogens with zero attached hydrogens (tertiary/aromatic N) is 1. The van der Waals surface area contributed by atoms with E-state index >= 15 is 0 Å². The van der Waals surface area contributed by atoms with Crippen LogP contribution in [0.15, 0.2) is 47.4 Å².